The SMILES string of the molecule is NOC(=O)CCCCCCCC(=O)c1cc([N+](=O)[O-])ccc1Cl. The first-order valence-corrected chi connectivity index (χ1v) is 7.70. The van der Waals surface area contributed by atoms with Crippen molar-refractivity contribution in [3.8, 4) is 0 Å². The monoisotopic (exact) mass is 342 g/mol. The van der Waals surface area contributed by atoms with E-state index in [-0.39, 0.29) is 28.5 Å². The fourth-order valence-corrected chi connectivity index (χ4v) is 2.34. The molecule has 23 heavy (non-hydrogen) atoms. The summed E-state index contributed by atoms with van der Waals surface area (Å²) in [7, 11) is 0. The number of nitrogens with two attached hydrogens (primary N) is 1. The number of hydrogen-bond acceptors (Lipinski definition) is 6. The third-order valence-electron chi connectivity index (χ3n) is 3.38. The predicted molar refractivity (Wildman–Crippen MR) is 85.0 cm³/mol. The molecule has 0 saturated carbocycles. The molecule has 0 amide bonds. The van der Waals surface area contributed by atoms with Crippen LogP contribution in [0.25, 0.3) is 0 Å². The molecule has 0 aliphatic heterocycles. The molecule has 0 aliphatic carbocycles. The lowest BCUT2D eigenvalue weighted by Gasteiger charge is -2.04. The van der Waals surface area contributed by atoms with Gasteiger partial charge in [0.1, 0.15) is 0 Å². The molecule has 1 aromatic rings. The molecular weight excluding hydrogens is 324 g/mol. The fourth-order valence-electron chi connectivity index (χ4n) is 2.12. The van der Waals surface area contributed by atoms with Crippen LogP contribution in [-0.4, -0.2) is 16.7 Å². The summed E-state index contributed by atoms with van der Waals surface area (Å²) >= 11 is 5.92. The zero-order valence-electron chi connectivity index (χ0n) is 12.6. The van der Waals surface area contributed by atoms with Gasteiger partial charge in [-0.3, -0.25) is 19.7 Å². The van der Waals surface area contributed by atoms with Crippen molar-refractivity contribution < 1.29 is 19.3 Å². The maximum atomic E-state index is 12.1. The Bertz CT molecular complexity index is 577. The molecule has 8 heteroatoms. The Balaban J connectivity index is 2.33. The molecule has 7 nitrogen and oxygen atoms in total. The number of rotatable bonds is 10. The number of unbranched alkanes of at least 4 members (excludes halogenated alkanes) is 4. The number of carbonyl (C=O) groups is 2. The van der Waals surface area contributed by atoms with Crippen LogP contribution in [-0.2, 0) is 9.63 Å². The van der Waals surface area contributed by atoms with E-state index in [1.165, 1.54) is 18.2 Å². The van der Waals surface area contributed by atoms with E-state index < -0.39 is 10.9 Å². The Morgan fingerprint density at radius 2 is 1.74 bits per heavy atom. The highest BCUT2D eigenvalue weighted by Crippen LogP contribution is 2.24. The van der Waals surface area contributed by atoms with Crippen molar-refractivity contribution >= 4 is 29.0 Å². The van der Waals surface area contributed by atoms with E-state index >= 15 is 0 Å². The molecular formula is C15H19ClN2O5. The van der Waals surface area contributed by atoms with Crippen LogP contribution in [0.1, 0.15) is 55.3 Å². The van der Waals surface area contributed by atoms with Crippen LogP contribution < -0.4 is 5.90 Å². The molecule has 2 N–H and O–H groups in total. The summed E-state index contributed by atoms with van der Waals surface area (Å²) in [5.41, 5.74) is 0.0381. The number of carbonyl (C=O) groups excluding carboxylic acids is 2. The lowest BCUT2D eigenvalue weighted by molar-refractivity contribution is -0.384. The highest BCUT2D eigenvalue weighted by molar-refractivity contribution is 6.34. The fraction of sp³-hybridized carbons (Fsp3) is 0.467. The van der Waals surface area contributed by atoms with Gasteiger partial charge in [0.25, 0.3) is 5.69 Å². The summed E-state index contributed by atoms with van der Waals surface area (Å²) in [6.07, 6.45) is 4.49. The number of Topliss-reactive ketones (excluding diaryl/α,β-unsaturated/α-hetero) is 1. The molecule has 0 fully saturated rings. The minimum absolute atomic E-state index is 0.149. The van der Waals surface area contributed by atoms with E-state index in [1.807, 2.05) is 0 Å². The van der Waals surface area contributed by atoms with Crippen molar-refractivity contribution in [1.29, 1.82) is 0 Å². The number of nitro groups is 1. The second-order valence-electron chi connectivity index (χ2n) is 5.10. The van der Waals surface area contributed by atoms with Crippen molar-refractivity contribution in [2.24, 2.45) is 5.90 Å². The summed E-state index contributed by atoms with van der Waals surface area (Å²) in [6, 6.07) is 3.85. The van der Waals surface area contributed by atoms with Crippen LogP contribution in [0.5, 0.6) is 0 Å². The molecule has 0 atom stereocenters. The van der Waals surface area contributed by atoms with Crippen molar-refractivity contribution in [2.45, 2.75) is 44.9 Å². The van der Waals surface area contributed by atoms with E-state index in [0.717, 1.165) is 19.3 Å². The van der Waals surface area contributed by atoms with Crippen LogP contribution in [0.3, 0.4) is 0 Å². The third kappa shape index (κ3) is 6.75. The summed E-state index contributed by atoms with van der Waals surface area (Å²) < 4.78 is 0. The average Bonchev–Trinajstić information content (AvgIpc) is 2.53. The molecule has 126 valence electrons. The van der Waals surface area contributed by atoms with Crippen molar-refractivity contribution in [3.63, 3.8) is 0 Å². The Morgan fingerprint density at radius 1 is 1.13 bits per heavy atom. The van der Waals surface area contributed by atoms with E-state index in [4.69, 9.17) is 17.5 Å². The van der Waals surface area contributed by atoms with Gasteiger partial charge in [-0.15, -0.1) is 0 Å². The van der Waals surface area contributed by atoms with Crippen molar-refractivity contribution in [2.75, 3.05) is 0 Å². The van der Waals surface area contributed by atoms with E-state index in [0.29, 0.717) is 19.3 Å². The van der Waals surface area contributed by atoms with Gasteiger partial charge < -0.3 is 4.84 Å². The first-order valence-electron chi connectivity index (χ1n) is 7.32. The maximum Gasteiger partial charge on any atom is 0.324 e. The van der Waals surface area contributed by atoms with Gasteiger partial charge in [-0.2, -0.15) is 5.90 Å². The summed E-state index contributed by atoms with van der Waals surface area (Å²) in [5, 5.41) is 11.0. The zero-order valence-corrected chi connectivity index (χ0v) is 13.4. The lowest BCUT2D eigenvalue weighted by Crippen LogP contribution is -2.09. The number of hydrogen-bond donors (Lipinski definition) is 1. The summed E-state index contributed by atoms with van der Waals surface area (Å²) in [5.74, 6) is 4.09. The molecule has 0 spiro atoms. The molecule has 0 heterocycles. The highest BCUT2D eigenvalue weighted by Gasteiger charge is 2.15. The van der Waals surface area contributed by atoms with Crippen molar-refractivity contribution in [3.05, 3.63) is 38.9 Å². The number of halogens is 1. The summed E-state index contributed by atoms with van der Waals surface area (Å²) in [4.78, 5) is 37.1. The van der Waals surface area contributed by atoms with Gasteiger partial charge in [-0.05, 0) is 18.9 Å². The zero-order chi connectivity index (χ0) is 17.2. The van der Waals surface area contributed by atoms with Gasteiger partial charge in [0.2, 0.25) is 0 Å². The summed E-state index contributed by atoms with van der Waals surface area (Å²) in [6.45, 7) is 0. The first kappa shape index (κ1) is 19.1. The van der Waals surface area contributed by atoms with Crippen LogP contribution in [0.2, 0.25) is 5.02 Å². The Kier molecular flexibility index (Phi) is 8.21. The molecule has 0 bridgehead atoms. The van der Waals surface area contributed by atoms with Gasteiger partial charge in [-0.25, -0.2) is 0 Å². The Labute approximate surface area is 138 Å². The normalized spacial score (nSPS) is 10.3. The van der Waals surface area contributed by atoms with E-state index in [2.05, 4.69) is 4.84 Å². The molecule has 0 saturated heterocycles. The third-order valence-corrected chi connectivity index (χ3v) is 3.71. The van der Waals surface area contributed by atoms with Crippen LogP contribution in [0.15, 0.2) is 18.2 Å². The number of nitrogens with zero attached hydrogens (tertiary/aromatic N) is 1. The van der Waals surface area contributed by atoms with E-state index in [9.17, 15) is 19.7 Å². The first-order chi connectivity index (χ1) is 11.0. The van der Waals surface area contributed by atoms with Gasteiger partial charge in [0.15, 0.2) is 5.78 Å². The second kappa shape index (κ2) is 9.91. The topological polar surface area (TPSA) is 113 Å². The molecule has 1 aromatic carbocycles. The smallest absolute Gasteiger partial charge is 0.324 e. The van der Waals surface area contributed by atoms with Crippen molar-refractivity contribution in [1.82, 2.24) is 0 Å². The number of nitro benzene ring substituents is 1. The van der Waals surface area contributed by atoms with Gasteiger partial charge >= 0.3 is 5.97 Å². The van der Waals surface area contributed by atoms with Gasteiger partial charge in [-0.1, -0.05) is 30.9 Å². The Hall–Kier alpha value is -1.99. The standard InChI is InChI=1S/C15H19ClN2O5/c16-13-9-8-11(18(21)22)10-12(13)14(19)6-4-2-1-3-5-7-15(20)23-17/h8-10H,1-7,17H2. The highest BCUT2D eigenvalue weighted by atomic mass is 35.5. The maximum absolute atomic E-state index is 12.1. The minimum Gasteiger partial charge on any atom is -0.373 e. The quantitative estimate of drug-likeness (QED) is 0.301. The largest absolute Gasteiger partial charge is 0.373 e. The predicted octanol–water partition coefficient (Wildman–Crippen LogP) is 3.58. The minimum atomic E-state index is -0.556. The number of benzene rings is 1. The van der Waals surface area contributed by atoms with Gasteiger partial charge in [0.05, 0.1) is 9.95 Å². The number of ketones is 1. The van der Waals surface area contributed by atoms with Crippen LogP contribution in [0, 0.1) is 10.1 Å². The van der Waals surface area contributed by atoms with Crippen LogP contribution in [0.4, 0.5) is 5.69 Å². The van der Waals surface area contributed by atoms with Crippen LogP contribution >= 0.6 is 11.6 Å². The average molecular weight is 343 g/mol. The van der Waals surface area contributed by atoms with E-state index in [1.54, 1.807) is 0 Å². The molecule has 0 unspecified atom stereocenters. The molecule has 0 aromatic heterocycles. The number of non-ortho nitro benzene ring substituents is 1. The molecule has 0 aliphatic rings. The van der Waals surface area contributed by atoms with Gasteiger partial charge in [0, 0.05) is 30.5 Å². The lowest BCUT2D eigenvalue weighted by atomic mass is 10.0. The molecule has 0 radical (unpaired) electrons. The molecule has 1 rings (SSSR count). The second-order valence-corrected chi connectivity index (χ2v) is 5.51. The Morgan fingerprint density at radius 3 is 2.35 bits per heavy atom.